The van der Waals surface area contributed by atoms with E-state index >= 15 is 0 Å². The van der Waals surface area contributed by atoms with E-state index in [0.29, 0.717) is 63.0 Å². The first-order valence-electron chi connectivity index (χ1n) is 48.7. The molecular formula is C125H149Br2LiO15P2. The van der Waals surface area contributed by atoms with Crippen molar-refractivity contribution in [3.8, 4) is 0 Å². The molecule has 5 aliphatic rings. The Labute approximate surface area is 896 Å². The van der Waals surface area contributed by atoms with E-state index in [2.05, 4.69) is 257 Å². The second-order valence-corrected chi connectivity index (χ2v) is 41.6. The van der Waals surface area contributed by atoms with Crippen molar-refractivity contribution in [2.24, 2.45) is 29.6 Å². The van der Waals surface area contributed by atoms with E-state index in [-0.39, 0.29) is 87.0 Å². The first-order chi connectivity index (χ1) is 67.4. The first-order valence-corrected chi connectivity index (χ1v) is 53.2. The molecule has 0 saturated heterocycles. The number of ether oxygens (including phenoxy) is 3. The molecule has 0 aromatic heterocycles. The van der Waals surface area contributed by atoms with E-state index in [0.717, 1.165) is 64.0 Å². The molecule has 6 N–H and O–H groups in total. The number of aldehydes is 1. The van der Waals surface area contributed by atoms with Gasteiger partial charge in [0.2, 0.25) is 0 Å². The van der Waals surface area contributed by atoms with E-state index in [1.54, 1.807) is 72.8 Å². The molecule has 0 atom stereocenters. The number of alkyl halides is 1. The van der Waals surface area contributed by atoms with Crippen molar-refractivity contribution in [2.45, 2.75) is 194 Å². The third kappa shape index (κ3) is 44.3. The zero-order valence-electron chi connectivity index (χ0n) is 82.4. The summed E-state index contributed by atoms with van der Waals surface area (Å²) in [5, 5.41) is 35.6. The number of benzene rings is 12. The summed E-state index contributed by atoms with van der Waals surface area (Å²) in [5.41, 5.74) is 9.08. The van der Waals surface area contributed by atoms with Crippen LogP contribution in [0.1, 0.15) is 278 Å². The van der Waals surface area contributed by atoms with Crippen molar-refractivity contribution < 1.29 is 110 Å². The molecule has 0 unspecified atom stereocenters. The minimum absolute atomic E-state index is 0. The van der Waals surface area contributed by atoms with Gasteiger partial charge in [-0.05, 0) is 254 Å². The van der Waals surface area contributed by atoms with Crippen LogP contribution in [0.3, 0.4) is 0 Å². The van der Waals surface area contributed by atoms with Crippen LogP contribution in [0, 0.1) is 29.6 Å². The summed E-state index contributed by atoms with van der Waals surface area (Å²) in [5.74, 6) is -0.314. The molecule has 5 aliphatic carbocycles. The molecule has 0 heterocycles. The van der Waals surface area contributed by atoms with Crippen LogP contribution in [0.4, 0.5) is 0 Å². The maximum atomic E-state index is 12.1. The second-order valence-electron chi connectivity index (χ2n) is 35.3. The van der Waals surface area contributed by atoms with Crippen LogP contribution >= 0.6 is 31.1 Å². The predicted octanol–water partition coefficient (Wildman–Crippen LogP) is 23.5. The Hall–Kier alpha value is -11.6. The van der Waals surface area contributed by atoms with Gasteiger partial charge in [0.25, 0.3) is 0 Å². The standard InChI is InChI=1S/C27H24O2P.C18H15P.C16H20O2.3C15H18O2.C9H9BrO2.C7H12O.3CH4.BrH.Li.2H2O/c1-29-27(28)23-13-11-12-22(20-23)21-30(24-14-5-2-6-15-24,25-16-7-3-8-17-25)26-18-9-4-10-19-26;1-4-10-16(11-5-1)19(17-12-6-2-7-13-17)18-14-8-3-9-15-18;1-18-16(17)15-9-5-8-14(12-15)11-10-13-6-3-2-4-7-13;3*16-15(17)14-8-4-7-13(11-14)10-9-12-5-2-1-3-6-12;1-12-9(11)8-4-2-3-7(5-8)6-10;8-6-7-4-2-1-3-5-7;;;;;;;/h2-20H,21H2,1H3;1-15H;5,8-13H,2-4,6-7H2,1H3;3*4,7-12H,1-3,5-6H2,(H,16,17);2-5H,6H2,1H3;6-7H,1-5H2;3*1H4;1H;;2*1H2/q+1;;;;;;;;;;;;+1;;/p-2/b;;11-10+;2*10-9+;10-9-;;;;;;;;;. The maximum Gasteiger partial charge on any atom is 1.00 e. The van der Waals surface area contributed by atoms with Gasteiger partial charge in [-0.2, -0.15) is 0 Å². The fraction of sp³-hybridized carbons (Fsp3) is 0.304. The van der Waals surface area contributed by atoms with E-state index in [9.17, 15) is 33.6 Å². The summed E-state index contributed by atoms with van der Waals surface area (Å²) in [6.07, 6.45) is 51.7. The number of methoxy groups -OCH3 is 3. The van der Waals surface area contributed by atoms with E-state index < -0.39 is 33.1 Å². The molecule has 0 spiro atoms. The van der Waals surface area contributed by atoms with E-state index in [1.807, 2.05) is 66.7 Å². The van der Waals surface area contributed by atoms with Crippen molar-refractivity contribution in [2.75, 3.05) is 21.3 Å². The summed E-state index contributed by atoms with van der Waals surface area (Å²) in [4.78, 5) is 77.3. The summed E-state index contributed by atoms with van der Waals surface area (Å²) in [6, 6.07) is 109. The van der Waals surface area contributed by atoms with Gasteiger partial charge in [0.05, 0.1) is 60.9 Å². The van der Waals surface area contributed by atoms with Crippen LogP contribution in [-0.4, -0.2) is 89.7 Å². The van der Waals surface area contributed by atoms with Crippen molar-refractivity contribution in [1.82, 2.24) is 0 Å². The van der Waals surface area contributed by atoms with Crippen LogP contribution < -0.4 is 67.7 Å². The van der Waals surface area contributed by atoms with Gasteiger partial charge >= 0.3 is 54.7 Å². The molecule has 0 bridgehead atoms. The van der Waals surface area contributed by atoms with Crippen LogP contribution in [0.15, 0.2) is 352 Å². The summed E-state index contributed by atoms with van der Waals surface area (Å²) >= 11 is 3.31. The van der Waals surface area contributed by atoms with Gasteiger partial charge in [-0.1, -0.05) is 402 Å². The van der Waals surface area contributed by atoms with Crippen molar-refractivity contribution in [3.63, 3.8) is 0 Å². The number of rotatable bonds is 24. The van der Waals surface area contributed by atoms with Gasteiger partial charge in [0.15, 0.2) is 0 Å². The Morgan fingerprint density at radius 3 is 0.772 bits per heavy atom. The van der Waals surface area contributed by atoms with Gasteiger partial charge < -0.3 is 62.3 Å². The van der Waals surface area contributed by atoms with E-state index in [4.69, 9.17) is 24.8 Å². The van der Waals surface area contributed by atoms with Gasteiger partial charge in [0, 0.05) is 11.2 Å². The number of aromatic carboxylic acids is 3. The van der Waals surface area contributed by atoms with Crippen LogP contribution in [0.5, 0.6) is 0 Å². The Kier molecular flexibility index (Phi) is 63.9. The molecule has 0 amide bonds. The number of carboxylic acid groups (broad SMARTS) is 3. The predicted molar refractivity (Wildman–Crippen MR) is 601 cm³/mol. The molecule has 5 fully saturated rings. The molecule has 0 aliphatic heterocycles. The van der Waals surface area contributed by atoms with Crippen LogP contribution in [0.2, 0.25) is 0 Å². The monoisotopic (exact) mass is 2120 g/mol. The summed E-state index contributed by atoms with van der Waals surface area (Å²) in [6.45, 7) is 0. The molecule has 764 valence electrons. The fourth-order valence-corrected chi connectivity index (χ4v) is 24.7. The third-order valence-corrected chi connectivity index (χ3v) is 32.8. The normalized spacial score (nSPS) is 14.0. The van der Waals surface area contributed by atoms with Gasteiger partial charge in [-0.15, -0.1) is 0 Å². The number of allylic oxidation sites excluding steroid dienone is 4. The maximum absolute atomic E-state index is 12.1. The number of hydrogen-bond acceptors (Lipinski definition) is 11. The Morgan fingerprint density at radius 2 is 0.531 bits per heavy atom. The molecular weight excluding hydrogens is 1970 g/mol. The number of carbonyl (C=O) groups is 7. The average molecular weight is 2120 g/mol. The third-order valence-electron chi connectivity index (χ3n) is 25.3. The Balaban J connectivity index is 0.000000431. The van der Waals surface area contributed by atoms with Crippen LogP contribution in [-0.2, 0) is 30.5 Å². The average Bonchev–Trinajstić information content (AvgIpc) is 0.749. The zero-order valence-corrected chi connectivity index (χ0v) is 87.3. The number of carboxylic acids is 3. The van der Waals surface area contributed by atoms with Crippen LogP contribution in [0.25, 0.3) is 24.3 Å². The Morgan fingerprint density at radius 1 is 0.310 bits per heavy atom. The molecule has 0 radical (unpaired) electrons. The van der Waals surface area contributed by atoms with Gasteiger partial charge in [0.1, 0.15) is 29.5 Å². The molecule has 12 aromatic rings. The van der Waals surface area contributed by atoms with Crippen molar-refractivity contribution in [1.29, 1.82) is 0 Å². The topological polar surface area (TPSA) is 269 Å². The largest absolute Gasteiger partial charge is 1.00 e. The molecule has 145 heavy (non-hydrogen) atoms. The van der Waals surface area contributed by atoms with Gasteiger partial charge in [-0.25, -0.2) is 28.8 Å². The van der Waals surface area contributed by atoms with E-state index in [1.165, 1.54) is 201 Å². The van der Waals surface area contributed by atoms with Crippen molar-refractivity contribution in [3.05, 3.63) is 419 Å². The minimum atomic E-state index is -1.99. The summed E-state index contributed by atoms with van der Waals surface area (Å²) < 4.78 is 14.2. The number of halogens is 2. The molecule has 15 nitrogen and oxygen atoms in total. The minimum Gasteiger partial charge on any atom is -1.00 e. The zero-order chi connectivity index (χ0) is 97.6. The smallest absolute Gasteiger partial charge is 1.00 e. The quantitative estimate of drug-likeness (QED) is 0.0127. The summed E-state index contributed by atoms with van der Waals surface area (Å²) in [7, 11) is 1.78. The SMILES string of the molecule is C.C.C.COC(=O)c1cccc(/C=C/C2CCCCC2)c1.COC(=O)c1cccc(CBr)c1.COC(=O)c1cccc(C[P+](c2ccccc2)(c2ccccc2)c2ccccc2)c1.O.O=C(O)c1cccc(/C=C/C2CCCCC2)c1.O=C(O)c1cccc(/C=C/C2CCCCC2)c1.O=C(O)c1cccc(/C=C\C2CCCCC2)c1.O=CC1CCCCC1.[Br-].[Li+].[OH-].c1ccc(P(c2ccccc2)c2ccccc2)cc1. The molecule has 5 saturated carbocycles. The fourth-order valence-electron chi connectivity index (χ4n) is 17.8. The number of hydrogen-bond donors (Lipinski definition) is 3. The second kappa shape index (κ2) is 72.7. The molecule has 17 rings (SSSR count). The number of carbonyl (C=O) groups excluding carboxylic acids is 4. The Bertz CT molecular complexity index is 5420. The van der Waals surface area contributed by atoms with Crippen molar-refractivity contribution >= 4 is 129 Å². The molecule has 12 aromatic carbocycles. The number of esters is 3. The molecule has 20 heteroatoms. The van der Waals surface area contributed by atoms with Gasteiger partial charge in [-0.3, -0.25) is 0 Å². The first kappa shape index (κ1) is 128.